The molecule has 0 aliphatic rings. The minimum Gasteiger partial charge on any atom is -0.469 e. The Morgan fingerprint density at radius 2 is 2.00 bits per heavy atom. The highest BCUT2D eigenvalue weighted by atomic mass is 32.2. The van der Waals surface area contributed by atoms with Crippen molar-refractivity contribution in [3.63, 3.8) is 0 Å². The van der Waals surface area contributed by atoms with Gasteiger partial charge >= 0.3 is 11.9 Å². The Labute approximate surface area is 122 Å². The molecule has 2 rings (SSSR count). The number of hydrogen-bond acceptors (Lipinski definition) is 8. The number of hydrogen-bond donors (Lipinski definition) is 1. The number of ether oxygens (including phenoxy) is 2. The number of esters is 2. The first-order valence-electron chi connectivity index (χ1n) is 5.78. The van der Waals surface area contributed by atoms with E-state index in [0.29, 0.717) is 5.16 Å². The topological polar surface area (TPSA) is 116 Å². The summed E-state index contributed by atoms with van der Waals surface area (Å²) in [5, 5.41) is 3.05. The van der Waals surface area contributed by atoms with Gasteiger partial charge in [0.25, 0.3) is 11.3 Å². The van der Waals surface area contributed by atoms with Crippen molar-refractivity contribution < 1.29 is 19.1 Å². The number of nitrogens with one attached hydrogen (secondary N) is 1. The molecule has 0 aromatic carbocycles. The van der Waals surface area contributed by atoms with Gasteiger partial charge in [0.05, 0.1) is 32.1 Å². The molecule has 10 heteroatoms. The number of aromatic amines is 1. The lowest BCUT2D eigenvalue weighted by Gasteiger charge is -1.98. The van der Waals surface area contributed by atoms with Gasteiger partial charge in [0.15, 0.2) is 5.16 Å². The third-order valence-electron chi connectivity index (χ3n) is 2.47. The van der Waals surface area contributed by atoms with Crippen molar-refractivity contribution in [1.29, 1.82) is 0 Å². The molecule has 0 unspecified atom stereocenters. The van der Waals surface area contributed by atoms with Crippen molar-refractivity contribution in [2.75, 3.05) is 20.0 Å². The summed E-state index contributed by atoms with van der Waals surface area (Å²) in [5.41, 5.74) is -0.140. The van der Waals surface area contributed by atoms with Crippen LogP contribution in [0.15, 0.2) is 16.0 Å². The number of nitrogens with zero attached hydrogens (tertiary/aromatic N) is 3. The van der Waals surface area contributed by atoms with Gasteiger partial charge in [-0.05, 0) is 0 Å². The number of rotatable bonds is 5. The summed E-state index contributed by atoms with van der Waals surface area (Å²) in [7, 11) is 2.54. The molecule has 0 aliphatic carbocycles. The van der Waals surface area contributed by atoms with E-state index in [-0.39, 0.29) is 23.6 Å². The minimum atomic E-state index is -0.498. The van der Waals surface area contributed by atoms with E-state index in [1.165, 1.54) is 20.3 Å². The van der Waals surface area contributed by atoms with Gasteiger partial charge in [-0.25, -0.2) is 4.98 Å². The molecule has 0 saturated carbocycles. The summed E-state index contributed by atoms with van der Waals surface area (Å²) in [6, 6.07) is 1.22. The molecule has 1 N–H and O–H groups in total. The lowest BCUT2D eigenvalue weighted by molar-refractivity contribution is -0.140. The average Bonchev–Trinajstić information content (AvgIpc) is 2.88. The van der Waals surface area contributed by atoms with Gasteiger partial charge in [-0.15, -0.1) is 0 Å². The van der Waals surface area contributed by atoms with Crippen LogP contribution >= 0.6 is 11.8 Å². The van der Waals surface area contributed by atoms with Crippen LogP contribution in [0.2, 0.25) is 0 Å². The predicted molar refractivity (Wildman–Crippen MR) is 72.1 cm³/mol. The summed E-state index contributed by atoms with van der Waals surface area (Å²) >= 11 is 1.08. The highest BCUT2D eigenvalue weighted by Gasteiger charge is 2.12. The van der Waals surface area contributed by atoms with Gasteiger partial charge in [0, 0.05) is 6.07 Å². The highest BCUT2D eigenvalue weighted by Crippen LogP contribution is 2.13. The molecule has 21 heavy (non-hydrogen) atoms. The lowest BCUT2D eigenvalue weighted by atomic mass is 10.3. The minimum absolute atomic E-state index is 0.0556. The van der Waals surface area contributed by atoms with E-state index >= 15 is 0 Å². The molecule has 0 atom stereocenters. The molecule has 0 spiro atoms. The number of aromatic nitrogens is 4. The second-order valence-corrected chi connectivity index (χ2v) is 4.83. The van der Waals surface area contributed by atoms with Crippen molar-refractivity contribution in [2.45, 2.75) is 11.6 Å². The molecule has 2 heterocycles. The van der Waals surface area contributed by atoms with Crippen LogP contribution in [0.3, 0.4) is 0 Å². The standard InChI is InChI=1S/C11H12N4O5S/c1-19-8(17)4-6-3-7(16)15-10(12-6)13-11(14-15)21-5-9(18)20-2/h3H,4-5H2,1-2H3,(H,12,13,14). The molecule has 2 aromatic rings. The molecule has 2 aromatic heterocycles. The zero-order valence-electron chi connectivity index (χ0n) is 11.3. The van der Waals surface area contributed by atoms with Gasteiger partial charge < -0.3 is 9.47 Å². The average molecular weight is 312 g/mol. The molecular weight excluding hydrogens is 300 g/mol. The Morgan fingerprint density at radius 1 is 1.29 bits per heavy atom. The summed E-state index contributed by atoms with van der Waals surface area (Å²) in [6.45, 7) is 0. The maximum Gasteiger partial charge on any atom is 0.316 e. The number of thioether (sulfide) groups is 1. The molecule has 0 saturated heterocycles. The van der Waals surface area contributed by atoms with Crippen molar-refractivity contribution >= 4 is 29.5 Å². The van der Waals surface area contributed by atoms with E-state index in [4.69, 9.17) is 0 Å². The van der Waals surface area contributed by atoms with Crippen LogP contribution in [-0.4, -0.2) is 51.5 Å². The smallest absolute Gasteiger partial charge is 0.316 e. The van der Waals surface area contributed by atoms with Crippen molar-refractivity contribution in [1.82, 2.24) is 19.6 Å². The van der Waals surface area contributed by atoms with Crippen molar-refractivity contribution in [2.24, 2.45) is 0 Å². The van der Waals surface area contributed by atoms with Crippen LogP contribution in [0.25, 0.3) is 5.78 Å². The van der Waals surface area contributed by atoms with Crippen molar-refractivity contribution in [3.05, 3.63) is 22.1 Å². The van der Waals surface area contributed by atoms with Crippen LogP contribution < -0.4 is 5.56 Å². The quantitative estimate of drug-likeness (QED) is 0.574. The maximum absolute atomic E-state index is 11.9. The largest absolute Gasteiger partial charge is 0.469 e. The fourth-order valence-electron chi connectivity index (χ4n) is 1.47. The number of H-pyrrole nitrogens is 1. The molecule has 9 nitrogen and oxygen atoms in total. The summed E-state index contributed by atoms with van der Waals surface area (Å²) in [4.78, 5) is 42.3. The van der Waals surface area contributed by atoms with Gasteiger partial charge in [0.2, 0.25) is 0 Å². The third kappa shape index (κ3) is 3.60. The van der Waals surface area contributed by atoms with Gasteiger partial charge in [-0.1, -0.05) is 11.8 Å². The van der Waals surface area contributed by atoms with E-state index in [9.17, 15) is 14.4 Å². The van der Waals surface area contributed by atoms with E-state index in [2.05, 4.69) is 24.5 Å². The SMILES string of the molecule is COC(=O)CSc1nc2nc(CC(=O)OC)cc(=O)n2[nH]1. The Balaban J connectivity index is 2.26. The lowest BCUT2D eigenvalue weighted by Crippen LogP contribution is -2.17. The zero-order valence-corrected chi connectivity index (χ0v) is 12.1. The normalized spacial score (nSPS) is 10.6. The molecule has 0 bridgehead atoms. The molecule has 0 aliphatic heterocycles. The Kier molecular flexibility index (Phi) is 4.58. The van der Waals surface area contributed by atoms with E-state index in [0.717, 1.165) is 16.3 Å². The second kappa shape index (κ2) is 6.39. The fraction of sp³-hybridized carbons (Fsp3) is 0.364. The number of carbonyl (C=O) groups is 2. The van der Waals surface area contributed by atoms with Crippen LogP contribution in [-0.2, 0) is 25.5 Å². The van der Waals surface area contributed by atoms with Gasteiger partial charge in [0.1, 0.15) is 0 Å². The first-order valence-corrected chi connectivity index (χ1v) is 6.77. The van der Waals surface area contributed by atoms with Gasteiger partial charge in [-0.2, -0.15) is 9.50 Å². The van der Waals surface area contributed by atoms with E-state index in [1.807, 2.05) is 0 Å². The predicted octanol–water partition coefficient (Wildman–Crippen LogP) is -0.602. The molecule has 0 fully saturated rings. The van der Waals surface area contributed by atoms with Crippen LogP contribution in [0.4, 0.5) is 0 Å². The first-order chi connectivity index (χ1) is 10.0. The first kappa shape index (κ1) is 15.0. The second-order valence-electron chi connectivity index (χ2n) is 3.87. The molecule has 0 radical (unpaired) electrons. The van der Waals surface area contributed by atoms with Gasteiger partial charge in [-0.3, -0.25) is 19.5 Å². The molecular formula is C11H12N4O5S. The van der Waals surface area contributed by atoms with Crippen molar-refractivity contribution in [3.8, 4) is 0 Å². The Bertz CT molecular complexity index is 738. The van der Waals surface area contributed by atoms with Crippen LogP contribution in [0.1, 0.15) is 5.69 Å². The summed E-state index contributed by atoms with van der Waals surface area (Å²) in [6.07, 6.45) is -0.111. The molecule has 112 valence electrons. The summed E-state index contributed by atoms with van der Waals surface area (Å²) in [5.74, 6) is -0.733. The fourth-order valence-corrected chi connectivity index (χ4v) is 2.14. The number of fused-ring (bicyclic) bond motifs is 1. The third-order valence-corrected chi connectivity index (χ3v) is 3.31. The summed E-state index contributed by atoms with van der Waals surface area (Å²) < 4.78 is 10.2. The number of methoxy groups -OCH3 is 2. The van der Waals surface area contributed by atoms with Crippen LogP contribution in [0.5, 0.6) is 0 Å². The maximum atomic E-state index is 11.9. The monoisotopic (exact) mass is 312 g/mol. The highest BCUT2D eigenvalue weighted by molar-refractivity contribution is 7.99. The van der Waals surface area contributed by atoms with E-state index in [1.54, 1.807) is 0 Å². The van der Waals surface area contributed by atoms with Crippen LogP contribution in [0, 0.1) is 0 Å². The van der Waals surface area contributed by atoms with E-state index < -0.39 is 17.5 Å². The zero-order chi connectivity index (χ0) is 15.4. The molecule has 0 amide bonds. The Hall–Kier alpha value is -2.36. The number of carbonyl (C=O) groups excluding carboxylic acids is 2. The Morgan fingerprint density at radius 3 is 2.67 bits per heavy atom.